The Morgan fingerprint density at radius 2 is 1.80 bits per heavy atom. The molecule has 1 nitrogen and oxygen atoms in total. The number of ketones is 1. The zero-order valence-electron chi connectivity index (χ0n) is 7.36. The van der Waals surface area contributed by atoms with E-state index in [2.05, 4.69) is 14.7 Å². The molecule has 5 heteroatoms. The number of carbonyl (C=O) groups excluding carboxylic acids is 1. The van der Waals surface area contributed by atoms with Crippen LogP contribution in [0, 0.1) is 0 Å². The fraction of sp³-hybridized carbons (Fsp3) is 0.800. The number of Topliss-reactive ketones (excluding diaryl/α,β-unsaturated/α-hetero) is 1. The maximum Gasteiger partial charge on any atom is 0.126 e. The smallest absolute Gasteiger partial charge is 0.126 e. The Morgan fingerprint density at radius 3 is 1.80 bits per heavy atom. The second-order valence-corrected chi connectivity index (χ2v) is 2.26. The van der Waals surface area contributed by atoms with Crippen molar-refractivity contribution in [3.05, 3.63) is 0 Å². The van der Waals surface area contributed by atoms with Crippen molar-refractivity contribution in [1.82, 2.24) is 0 Å². The molecule has 0 spiro atoms. The maximum atomic E-state index is 9.44. The Morgan fingerprint density at radius 1 is 1.50 bits per heavy atom. The van der Waals surface area contributed by atoms with Crippen LogP contribution in [0.2, 0.25) is 6.32 Å². The zero-order valence-corrected chi connectivity index (χ0v) is 9.00. The average molecular weight is 227 g/mol. The van der Waals surface area contributed by atoms with E-state index < -0.39 is 0 Å². The van der Waals surface area contributed by atoms with E-state index in [4.69, 9.17) is 0 Å². The number of carbonyl (C=O) groups is 1. The molecular weight excluding hydrogens is 211 g/mol. The van der Waals surface area contributed by atoms with Crippen LogP contribution in [0.1, 0.15) is 20.8 Å². The van der Waals surface area contributed by atoms with Crippen molar-refractivity contribution in [2.75, 3.05) is 0 Å². The number of hydrogen-bond donors (Lipinski definition) is 0. The minimum Gasteiger partial charge on any atom is -0.300 e. The summed E-state index contributed by atoms with van der Waals surface area (Å²) in [5, 5.41) is 0. The number of rotatable bonds is 2. The van der Waals surface area contributed by atoms with Gasteiger partial charge < -0.3 is 4.79 Å². The van der Waals surface area contributed by atoms with Crippen molar-refractivity contribution >= 4 is 27.8 Å². The minimum atomic E-state index is 0. The Labute approximate surface area is 79.3 Å². The molecule has 0 heterocycles. The zero-order chi connectivity index (χ0) is 7.70. The summed E-state index contributed by atoms with van der Waals surface area (Å²) in [6, 6.07) is 0. The Balaban J connectivity index is -0.0000000910. The van der Waals surface area contributed by atoms with Crippen LogP contribution >= 0.6 is 0 Å². The fourth-order valence-corrected chi connectivity index (χ4v) is 0.354. The Bertz CT molecular complexity index is 63.9. The van der Waals surface area contributed by atoms with Crippen LogP contribution < -0.4 is 0 Å². The van der Waals surface area contributed by atoms with Crippen LogP contribution in [-0.4, -0.2) is 27.8 Å². The molecule has 0 aromatic rings. The van der Waals surface area contributed by atoms with Gasteiger partial charge in [-0.3, -0.25) is 0 Å². The molecule has 0 saturated heterocycles. The van der Waals surface area contributed by atoms with Gasteiger partial charge in [-0.2, -0.15) is 0 Å². The minimum absolute atomic E-state index is 0. The largest absolute Gasteiger partial charge is 0.300 e. The van der Waals surface area contributed by atoms with Gasteiger partial charge in [0.2, 0.25) is 0 Å². The SMILES string of the molecule is BBBCC.CC(C)=O.[Rh]. The van der Waals surface area contributed by atoms with E-state index >= 15 is 0 Å². The van der Waals surface area contributed by atoms with E-state index in [1.165, 1.54) is 34.4 Å². The molecule has 0 aliphatic heterocycles. The van der Waals surface area contributed by atoms with Gasteiger partial charge in [-0.1, -0.05) is 13.2 Å². The Kier molecular flexibility index (Phi) is 27.3. The second-order valence-electron chi connectivity index (χ2n) is 2.26. The summed E-state index contributed by atoms with van der Waals surface area (Å²) < 4.78 is 0. The molecule has 0 N–H and O–H groups in total. The molecule has 0 unspecified atom stereocenters. The summed E-state index contributed by atoms with van der Waals surface area (Å²) in [6.45, 7) is 5.27. The van der Waals surface area contributed by atoms with Gasteiger partial charge in [-0.15, -0.1) is 0 Å². The van der Waals surface area contributed by atoms with Crippen molar-refractivity contribution < 1.29 is 24.3 Å². The van der Waals surface area contributed by atoms with Crippen molar-refractivity contribution in [3.8, 4) is 0 Å². The maximum absolute atomic E-state index is 9.44. The third-order valence-electron chi connectivity index (χ3n) is 0.707. The van der Waals surface area contributed by atoms with Crippen LogP contribution in [0.15, 0.2) is 0 Å². The van der Waals surface area contributed by atoms with Crippen molar-refractivity contribution in [2.45, 2.75) is 27.1 Å². The summed E-state index contributed by atoms with van der Waals surface area (Å²) in [6.07, 6.45) is 1.34. The first-order valence-electron chi connectivity index (χ1n) is 3.62. The Hall–Kier alpha value is 0.488. The molecule has 10 heavy (non-hydrogen) atoms. The van der Waals surface area contributed by atoms with Gasteiger partial charge in [0.1, 0.15) is 5.78 Å². The van der Waals surface area contributed by atoms with Gasteiger partial charge >= 0.3 is 0 Å². The topological polar surface area (TPSA) is 17.1 Å². The van der Waals surface area contributed by atoms with Crippen LogP contribution in [0.25, 0.3) is 0 Å². The van der Waals surface area contributed by atoms with Crippen LogP contribution in [0.5, 0.6) is 0 Å². The molecule has 59 valence electrons. The van der Waals surface area contributed by atoms with E-state index in [0.717, 1.165) is 0 Å². The second kappa shape index (κ2) is 16.2. The van der Waals surface area contributed by atoms with Gasteiger partial charge in [-0.25, -0.2) is 0 Å². The van der Waals surface area contributed by atoms with E-state index in [0.29, 0.717) is 0 Å². The third-order valence-corrected chi connectivity index (χ3v) is 0.707. The van der Waals surface area contributed by atoms with Gasteiger partial charge in [0.25, 0.3) is 0 Å². The average Bonchev–Trinajstić information content (AvgIpc) is 1.66. The molecule has 0 atom stereocenters. The molecule has 0 saturated carbocycles. The van der Waals surface area contributed by atoms with E-state index in [9.17, 15) is 4.79 Å². The first-order chi connectivity index (χ1) is 4.15. The molecule has 0 bridgehead atoms. The first kappa shape index (κ1) is 16.8. The predicted molar refractivity (Wildman–Crippen MR) is 49.7 cm³/mol. The molecular formula is C5H15B3ORh. The van der Waals surface area contributed by atoms with Crippen molar-refractivity contribution in [2.24, 2.45) is 0 Å². The van der Waals surface area contributed by atoms with Gasteiger partial charge in [0.15, 0.2) is 0 Å². The summed E-state index contributed by atoms with van der Waals surface area (Å²) in [4.78, 5) is 9.44. The summed E-state index contributed by atoms with van der Waals surface area (Å²) in [5.41, 5.74) is 0. The first-order valence-corrected chi connectivity index (χ1v) is 3.62. The van der Waals surface area contributed by atoms with Gasteiger partial charge in [0, 0.05) is 19.5 Å². The van der Waals surface area contributed by atoms with E-state index in [1.54, 1.807) is 0 Å². The summed E-state index contributed by atoms with van der Waals surface area (Å²) in [7, 11) is 4.94. The summed E-state index contributed by atoms with van der Waals surface area (Å²) in [5.74, 6) is 0.167. The monoisotopic (exact) mass is 227 g/mol. The van der Waals surface area contributed by atoms with E-state index in [-0.39, 0.29) is 25.3 Å². The number of hydrogen-bond acceptors (Lipinski definition) is 1. The molecule has 0 aliphatic rings. The molecule has 0 fully saturated rings. The third kappa shape index (κ3) is 76.9. The predicted octanol–water partition coefficient (Wildman–Crippen LogP) is -0.647. The molecule has 1 radical (unpaired) electrons. The normalized spacial score (nSPS) is 5.90. The molecule has 0 rings (SSSR count). The fourth-order valence-electron chi connectivity index (χ4n) is 0.354. The van der Waals surface area contributed by atoms with Gasteiger partial charge in [0.05, 0.1) is 22.0 Å². The van der Waals surface area contributed by atoms with Crippen molar-refractivity contribution in [3.63, 3.8) is 0 Å². The van der Waals surface area contributed by atoms with E-state index in [1.807, 2.05) is 0 Å². The summed E-state index contributed by atoms with van der Waals surface area (Å²) >= 11 is 0. The standard InChI is InChI=1S/C3H6O.C2H9B3.Rh/c1-3(2)4;1-2-4-5-3;/h1-2H3;4-5H,2-3H2,1H3;. The van der Waals surface area contributed by atoms with Crippen molar-refractivity contribution in [1.29, 1.82) is 0 Å². The molecule has 0 aromatic heterocycles. The molecule has 0 amide bonds. The van der Waals surface area contributed by atoms with Crippen LogP contribution in [0.3, 0.4) is 0 Å². The van der Waals surface area contributed by atoms with Crippen LogP contribution in [-0.2, 0) is 24.3 Å². The molecule has 0 aromatic carbocycles. The quantitative estimate of drug-likeness (QED) is 0.572. The van der Waals surface area contributed by atoms with Crippen LogP contribution in [0.4, 0.5) is 0 Å². The molecule has 0 aliphatic carbocycles. The van der Waals surface area contributed by atoms with Gasteiger partial charge in [-0.05, 0) is 13.8 Å².